The lowest BCUT2D eigenvalue weighted by Crippen LogP contribution is -2.50. The van der Waals surface area contributed by atoms with Crippen molar-refractivity contribution in [2.75, 3.05) is 25.4 Å². The Morgan fingerprint density at radius 3 is 2.52 bits per heavy atom. The van der Waals surface area contributed by atoms with Crippen molar-refractivity contribution in [3.05, 3.63) is 11.6 Å². The highest BCUT2D eigenvalue weighted by atomic mass is 32.2. The van der Waals surface area contributed by atoms with E-state index in [1.807, 2.05) is 18.5 Å². The molecule has 2 rings (SSSR count). The highest BCUT2D eigenvalue weighted by Crippen LogP contribution is 2.14. The predicted octanol–water partition coefficient (Wildman–Crippen LogP) is 0.773. The maximum atomic E-state index is 12.0. The maximum absolute atomic E-state index is 12.0. The van der Waals surface area contributed by atoms with Gasteiger partial charge in [-0.1, -0.05) is 13.3 Å². The van der Waals surface area contributed by atoms with E-state index < -0.39 is 10.0 Å². The third-order valence-electron chi connectivity index (χ3n) is 4.94. The zero-order valence-corrected chi connectivity index (χ0v) is 17.7. The molecule has 1 fully saturated rings. The molecule has 9 nitrogen and oxygen atoms in total. The molecule has 2 N–H and O–H groups in total. The largest absolute Gasteiger partial charge is 0.356 e. The summed E-state index contributed by atoms with van der Waals surface area (Å²) >= 11 is 0. The first kappa shape index (κ1) is 21.6. The molecule has 1 aliphatic heterocycles. The lowest BCUT2D eigenvalue weighted by molar-refractivity contribution is 0.306. The number of nitrogens with one attached hydrogen (secondary N) is 2. The van der Waals surface area contributed by atoms with Crippen LogP contribution in [0.25, 0.3) is 0 Å². The monoisotopic (exact) mass is 399 g/mol. The van der Waals surface area contributed by atoms with Gasteiger partial charge < -0.3 is 15.2 Å². The number of piperidine rings is 1. The zero-order valence-electron chi connectivity index (χ0n) is 16.9. The molecule has 0 amide bonds. The molecule has 2 heterocycles. The molecule has 0 aromatic carbocycles. The van der Waals surface area contributed by atoms with Gasteiger partial charge in [-0.15, -0.1) is 10.2 Å². The smallest absolute Gasteiger partial charge is 0.213 e. The lowest BCUT2D eigenvalue weighted by Gasteiger charge is -2.32. The van der Waals surface area contributed by atoms with Crippen molar-refractivity contribution < 1.29 is 8.42 Å². The number of guanidine groups is 1. The minimum Gasteiger partial charge on any atom is -0.356 e. The number of nitrogens with zero attached hydrogens (tertiary/aromatic N) is 5. The highest BCUT2D eigenvalue weighted by Gasteiger charge is 2.27. The van der Waals surface area contributed by atoms with Crippen LogP contribution in [0.2, 0.25) is 0 Å². The van der Waals surface area contributed by atoms with E-state index in [1.165, 1.54) is 0 Å². The Balaban J connectivity index is 1.96. The minimum atomic E-state index is -3.10. The summed E-state index contributed by atoms with van der Waals surface area (Å²) in [6, 6.07) is 0.211. The molecule has 1 aliphatic rings. The first-order chi connectivity index (χ1) is 12.9. The number of sulfonamides is 1. The fourth-order valence-electron chi connectivity index (χ4n) is 2.93. The van der Waals surface area contributed by atoms with Crippen LogP contribution in [0.15, 0.2) is 4.99 Å². The van der Waals surface area contributed by atoms with Crippen molar-refractivity contribution in [3.8, 4) is 0 Å². The van der Waals surface area contributed by atoms with E-state index in [2.05, 4.69) is 32.7 Å². The van der Waals surface area contributed by atoms with E-state index in [1.54, 1.807) is 11.2 Å². The van der Waals surface area contributed by atoms with E-state index in [9.17, 15) is 8.42 Å². The van der Waals surface area contributed by atoms with E-state index in [4.69, 9.17) is 0 Å². The molecule has 154 valence electrons. The van der Waals surface area contributed by atoms with Gasteiger partial charge in [0.05, 0.1) is 5.75 Å². The Bertz CT molecular complexity index is 722. The average molecular weight is 400 g/mol. The predicted molar refractivity (Wildman–Crippen MR) is 107 cm³/mol. The van der Waals surface area contributed by atoms with Crippen LogP contribution in [-0.2, 0) is 23.6 Å². The van der Waals surface area contributed by atoms with Crippen LogP contribution >= 0.6 is 0 Å². The van der Waals surface area contributed by atoms with Crippen molar-refractivity contribution in [2.45, 2.75) is 59.0 Å². The molecule has 1 saturated heterocycles. The van der Waals surface area contributed by atoms with Gasteiger partial charge in [-0.25, -0.2) is 17.7 Å². The Hall–Kier alpha value is -1.68. The summed E-state index contributed by atoms with van der Waals surface area (Å²) in [6.45, 7) is 8.16. The number of unbranched alkanes of at least 4 members (excludes halogenated alkanes) is 1. The van der Waals surface area contributed by atoms with E-state index in [0.29, 0.717) is 19.6 Å². The number of hydrogen-bond donors (Lipinski definition) is 2. The van der Waals surface area contributed by atoms with Gasteiger partial charge in [-0.2, -0.15) is 0 Å². The zero-order chi connectivity index (χ0) is 19.9. The Morgan fingerprint density at radius 2 is 1.96 bits per heavy atom. The number of rotatable bonds is 8. The van der Waals surface area contributed by atoms with Gasteiger partial charge in [0, 0.05) is 32.7 Å². The molecule has 27 heavy (non-hydrogen) atoms. The molecular weight excluding hydrogens is 366 g/mol. The van der Waals surface area contributed by atoms with Crippen molar-refractivity contribution in [1.82, 2.24) is 29.7 Å². The molecule has 0 unspecified atom stereocenters. The van der Waals surface area contributed by atoms with Crippen LogP contribution in [0.1, 0.15) is 51.2 Å². The van der Waals surface area contributed by atoms with Gasteiger partial charge in [0.15, 0.2) is 11.8 Å². The van der Waals surface area contributed by atoms with E-state index >= 15 is 0 Å². The molecule has 1 aromatic rings. The first-order valence-electron chi connectivity index (χ1n) is 9.75. The number of hydrogen-bond acceptors (Lipinski definition) is 5. The van der Waals surface area contributed by atoms with E-state index in [-0.39, 0.29) is 11.8 Å². The first-order valence-corrected chi connectivity index (χ1v) is 11.4. The van der Waals surface area contributed by atoms with Crippen LogP contribution in [0, 0.1) is 6.92 Å². The molecule has 0 radical (unpaired) electrons. The van der Waals surface area contributed by atoms with Crippen LogP contribution in [-0.4, -0.2) is 64.9 Å². The summed E-state index contributed by atoms with van der Waals surface area (Å²) in [5.41, 5.74) is 0. The number of aromatic nitrogens is 3. The summed E-state index contributed by atoms with van der Waals surface area (Å²) in [4.78, 5) is 4.66. The fourth-order valence-corrected chi connectivity index (χ4v) is 4.06. The fraction of sp³-hybridized carbons (Fsp3) is 0.824. The summed E-state index contributed by atoms with van der Waals surface area (Å²) in [5.74, 6) is 2.58. The van der Waals surface area contributed by atoms with Crippen molar-refractivity contribution in [1.29, 1.82) is 0 Å². The van der Waals surface area contributed by atoms with Gasteiger partial charge in [0.2, 0.25) is 10.0 Å². The van der Waals surface area contributed by atoms with Crippen LogP contribution in [0.3, 0.4) is 0 Å². The van der Waals surface area contributed by atoms with Gasteiger partial charge in [-0.05, 0) is 33.1 Å². The van der Waals surface area contributed by atoms with Crippen LogP contribution in [0.5, 0.6) is 0 Å². The summed E-state index contributed by atoms with van der Waals surface area (Å²) in [7, 11) is -1.17. The summed E-state index contributed by atoms with van der Waals surface area (Å²) < 4.78 is 27.5. The molecular formula is C17H33N7O2S. The van der Waals surface area contributed by atoms with Crippen LogP contribution < -0.4 is 10.6 Å². The van der Waals surface area contributed by atoms with Crippen molar-refractivity contribution in [3.63, 3.8) is 0 Å². The third-order valence-corrected chi connectivity index (χ3v) is 6.82. The van der Waals surface area contributed by atoms with E-state index in [0.717, 1.165) is 49.8 Å². The van der Waals surface area contributed by atoms with Gasteiger partial charge in [0.1, 0.15) is 12.4 Å². The Labute approximate surface area is 162 Å². The van der Waals surface area contributed by atoms with Crippen molar-refractivity contribution in [2.24, 2.45) is 12.0 Å². The maximum Gasteiger partial charge on any atom is 0.213 e. The lowest BCUT2D eigenvalue weighted by atomic mass is 10.1. The quantitative estimate of drug-likeness (QED) is 0.380. The van der Waals surface area contributed by atoms with Gasteiger partial charge >= 0.3 is 0 Å². The SMILES string of the molecule is CCCCNC(=NCc1nnc(C)n1C)NC1CCN(S(=O)(=O)CC)CC1. The molecule has 10 heteroatoms. The second-order valence-corrected chi connectivity index (χ2v) is 9.14. The summed E-state index contributed by atoms with van der Waals surface area (Å²) in [5, 5.41) is 15.0. The summed E-state index contributed by atoms with van der Waals surface area (Å²) in [6.07, 6.45) is 3.72. The molecule has 0 aliphatic carbocycles. The minimum absolute atomic E-state index is 0.160. The topological polar surface area (TPSA) is 105 Å². The average Bonchev–Trinajstić information content (AvgIpc) is 2.98. The molecule has 0 saturated carbocycles. The third kappa shape index (κ3) is 6.17. The second-order valence-electron chi connectivity index (χ2n) is 6.89. The standard InChI is InChI=1S/C17H33N7O2S/c1-5-7-10-18-17(19-13-16-22-21-14(3)23(16)4)20-15-8-11-24(12-9-15)27(25,26)6-2/h15H,5-13H2,1-4H3,(H2,18,19,20). The second kappa shape index (κ2) is 10.0. The van der Waals surface area contributed by atoms with Gasteiger partial charge in [-0.3, -0.25) is 0 Å². The van der Waals surface area contributed by atoms with Gasteiger partial charge in [0.25, 0.3) is 0 Å². The number of aryl methyl sites for hydroxylation is 1. The number of aliphatic imine (C=N–C) groups is 1. The molecule has 0 spiro atoms. The Kier molecular flexibility index (Phi) is 8.03. The normalized spacial score (nSPS) is 17.3. The van der Waals surface area contributed by atoms with Crippen molar-refractivity contribution >= 4 is 16.0 Å². The Morgan fingerprint density at radius 1 is 1.26 bits per heavy atom. The molecule has 1 aromatic heterocycles. The molecule has 0 bridgehead atoms. The molecule has 0 atom stereocenters. The van der Waals surface area contributed by atoms with Crippen LogP contribution in [0.4, 0.5) is 0 Å². The highest BCUT2D eigenvalue weighted by molar-refractivity contribution is 7.89.